The lowest BCUT2D eigenvalue weighted by Crippen LogP contribution is -2.13. The minimum atomic E-state index is 0.893. The van der Waals surface area contributed by atoms with Crippen LogP contribution >= 0.6 is 0 Å². The molecule has 264 valence electrons. The fourth-order valence-corrected chi connectivity index (χ4v) is 8.16. The van der Waals surface area contributed by atoms with Crippen LogP contribution in [-0.2, 0) is 0 Å². The third-order valence-electron chi connectivity index (χ3n) is 10.7. The first-order chi connectivity index (χ1) is 27.8. The van der Waals surface area contributed by atoms with Gasteiger partial charge in [-0.1, -0.05) is 194 Å². The van der Waals surface area contributed by atoms with E-state index in [4.69, 9.17) is 4.42 Å². The summed E-state index contributed by atoms with van der Waals surface area (Å²) in [5.41, 5.74) is 16.4. The monoisotopic (exact) mass is 715 g/mol. The van der Waals surface area contributed by atoms with E-state index in [0.717, 1.165) is 77.9 Å². The Balaban J connectivity index is 1.27. The second-order valence-corrected chi connectivity index (χ2v) is 14.0. The number of furan rings is 1. The van der Waals surface area contributed by atoms with Crippen molar-refractivity contribution in [3.05, 3.63) is 224 Å². The lowest BCUT2D eigenvalue weighted by atomic mass is 9.87. The van der Waals surface area contributed by atoms with Crippen LogP contribution in [0.4, 0.5) is 17.1 Å². The van der Waals surface area contributed by atoms with Crippen LogP contribution in [0.1, 0.15) is 0 Å². The maximum absolute atomic E-state index is 6.57. The second-order valence-electron chi connectivity index (χ2n) is 14.0. The molecule has 2 nitrogen and oxygen atoms in total. The molecule has 0 fully saturated rings. The first-order valence-corrected chi connectivity index (χ1v) is 19.1. The molecule has 0 spiro atoms. The molecule has 0 amide bonds. The molecule has 0 aliphatic carbocycles. The van der Waals surface area contributed by atoms with Crippen molar-refractivity contribution in [2.24, 2.45) is 0 Å². The van der Waals surface area contributed by atoms with Crippen LogP contribution in [0, 0.1) is 0 Å². The SMILES string of the molecule is c1ccc(-c2ccccc2-c2c(-c3ccccc3)cccc2N(c2cccc(-c3cccc4c3oc3ccccc34)c2)c2ccccc2-c2ccccc2)cc1. The molecule has 0 unspecified atom stereocenters. The predicted molar refractivity (Wildman–Crippen MR) is 236 cm³/mol. The van der Waals surface area contributed by atoms with Crippen LogP contribution in [0.15, 0.2) is 229 Å². The summed E-state index contributed by atoms with van der Waals surface area (Å²) in [5, 5.41) is 2.24. The van der Waals surface area contributed by atoms with Crippen LogP contribution in [0.3, 0.4) is 0 Å². The largest absolute Gasteiger partial charge is 0.455 e. The van der Waals surface area contributed by atoms with E-state index in [1.165, 1.54) is 16.7 Å². The summed E-state index contributed by atoms with van der Waals surface area (Å²) < 4.78 is 6.57. The molecular weight excluding hydrogens is 679 g/mol. The molecule has 0 radical (unpaired) electrons. The zero-order chi connectivity index (χ0) is 37.3. The van der Waals surface area contributed by atoms with Gasteiger partial charge in [-0.2, -0.15) is 0 Å². The normalized spacial score (nSPS) is 11.2. The third kappa shape index (κ3) is 5.95. The predicted octanol–water partition coefficient (Wildman–Crippen LogP) is 15.4. The Morgan fingerprint density at radius 3 is 1.54 bits per heavy atom. The summed E-state index contributed by atoms with van der Waals surface area (Å²) in [6.45, 7) is 0. The minimum Gasteiger partial charge on any atom is -0.455 e. The summed E-state index contributed by atoms with van der Waals surface area (Å²) in [7, 11) is 0. The van der Waals surface area contributed by atoms with Gasteiger partial charge in [0.05, 0.1) is 11.4 Å². The number of nitrogens with zero attached hydrogens (tertiary/aromatic N) is 1. The number of anilines is 3. The first kappa shape index (κ1) is 33.2. The van der Waals surface area contributed by atoms with Crippen LogP contribution in [0.5, 0.6) is 0 Å². The van der Waals surface area contributed by atoms with Crippen molar-refractivity contribution < 1.29 is 4.42 Å². The Morgan fingerprint density at radius 1 is 0.304 bits per heavy atom. The fourth-order valence-electron chi connectivity index (χ4n) is 8.16. The second kappa shape index (κ2) is 14.4. The molecule has 0 aliphatic heterocycles. The van der Waals surface area contributed by atoms with Gasteiger partial charge >= 0.3 is 0 Å². The molecule has 1 heterocycles. The summed E-state index contributed by atoms with van der Waals surface area (Å²) >= 11 is 0. The molecule has 0 atom stereocenters. The standard InChI is InChI=1S/C54H37NO/c1-4-19-38(20-5-1)43-27-10-11-30-48(43)53-45(40-23-8-3-9-24-40)31-18-35-51(53)55(50-34-14-12-28-44(50)39-21-6-2-7-22-39)42-26-16-25-41(37-42)46-32-17-33-49-47-29-13-15-36-52(47)56-54(46)49/h1-37H. The number of hydrogen-bond donors (Lipinski definition) is 0. The molecule has 9 aromatic carbocycles. The average Bonchev–Trinajstić information content (AvgIpc) is 3.67. The maximum Gasteiger partial charge on any atom is 0.143 e. The van der Waals surface area contributed by atoms with Crippen LogP contribution < -0.4 is 4.90 Å². The highest BCUT2D eigenvalue weighted by molar-refractivity contribution is 6.10. The highest BCUT2D eigenvalue weighted by Gasteiger charge is 2.25. The van der Waals surface area contributed by atoms with Crippen molar-refractivity contribution in [2.75, 3.05) is 4.90 Å². The molecule has 0 saturated heterocycles. The Bertz CT molecular complexity index is 2960. The fraction of sp³-hybridized carbons (Fsp3) is 0. The molecule has 10 rings (SSSR count). The Kier molecular flexibility index (Phi) is 8.55. The van der Waals surface area contributed by atoms with E-state index in [-0.39, 0.29) is 0 Å². The number of rotatable bonds is 8. The molecule has 2 heteroatoms. The van der Waals surface area contributed by atoms with Crippen LogP contribution in [-0.4, -0.2) is 0 Å². The van der Waals surface area contributed by atoms with Crippen molar-refractivity contribution in [1.29, 1.82) is 0 Å². The molecule has 0 N–H and O–H groups in total. The zero-order valence-electron chi connectivity index (χ0n) is 30.7. The highest BCUT2D eigenvalue weighted by Crippen LogP contribution is 2.50. The highest BCUT2D eigenvalue weighted by atomic mass is 16.3. The third-order valence-corrected chi connectivity index (χ3v) is 10.7. The van der Waals surface area contributed by atoms with E-state index in [0.29, 0.717) is 0 Å². The molecule has 0 saturated carbocycles. The van der Waals surface area contributed by atoms with E-state index in [9.17, 15) is 0 Å². The van der Waals surface area contributed by atoms with E-state index < -0.39 is 0 Å². The molecule has 10 aromatic rings. The molecule has 0 bridgehead atoms. The van der Waals surface area contributed by atoms with Crippen molar-refractivity contribution in [3.8, 4) is 55.6 Å². The quantitative estimate of drug-likeness (QED) is 0.156. The Morgan fingerprint density at radius 2 is 0.786 bits per heavy atom. The topological polar surface area (TPSA) is 16.4 Å². The first-order valence-electron chi connectivity index (χ1n) is 19.1. The molecular formula is C54H37NO. The number of fused-ring (bicyclic) bond motifs is 3. The van der Waals surface area contributed by atoms with Gasteiger partial charge in [-0.15, -0.1) is 0 Å². The van der Waals surface area contributed by atoms with Crippen molar-refractivity contribution in [1.82, 2.24) is 0 Å². The zero-order valence-corrected chi connectivity index (χ0v) is 30.7. The van der Waals surface area contributed by atoms with Crippen LogP contribution in [0.2, 0.25) is 0 Å². The minimum absolute atomic E-state index is 0.893. The lowest BCUT2D eigenvalue weighted by molar-refractivity contribution is 0.670. The van der Waals surface area contributed by atoms with Gasteiger partial charge in [0.25, 0.3) is 0 Å². The Hall–Kier alpha value is -7.42. The smallest absolute Gasteiger partial charge is 0.143 e. The van der Waals surface area contributed by atoms with Gasteiger partial charge in [0.2, 0.25) is 0 Å². The molecule has 1 aromatic heterocycles. The average molecular weight is 716 g/mol. The van der Waals surface area contributed by atoms with Gasteiger partial charge in [0.15, 0.2) is 0 Å². The van der Waals surface area contributed by atoms with Gasteiger partial charge < -0.3 is 9.32 Å². The van der Waals surface area contributed by atoms with Crippen molar-refractivity contribution in [2.45, 2.75) is 0 Å². The number of benzene rings is 9. The van der Waals surface area contributed by atoms with E-state index in [1.807, 2.05) is 12.1 Å². The van der Waals surface area contributed by atoms with Gasteiger partial charge in [-0.3, -0.25) is 0 Å². The van der Waals surface area contributed by atoms with Gasteiger partial charge in [0.1, 0.15) is 11.2 Å². The van der Waals surface area contributed by atoms with E-state index >= 15 is 0 Å². The molecule has 0 aliphatic rings. The van der Waals surface area contributed by atoms with Gasteiger partial charge in [-0.05, 0) is 69.3 Å². The van der Waals surface area contributed by atoms with Crippen molar-refractivity contribution in [3.63, 3.8) is 0 Å². The van der Waals surface area contributed by atoms with E-state index in [2.05, 4.69) is 217 Å². The van der Waals surface area contributed by atoms with E-state index in [1.54, 1.807) is 0 Å². The summed E-state index contributed by atoms with van der Waals surface area (Å²) in [6, 6.07) is 80.1. The summed E-state index contributed by atoms with van der Waals surface area (Å²) in [6.07, 6.45) is 0. The number of para-hydroxylation sites is 3. The van der Waals surface area contributed by atoms with Crippen LogP contribution in [0.25, 0.3) is 77.6 Å². The lowest BCUT2D eigenvalue weighted by Gasteiger charge is -2.31. The van der Waals surface area contributed by atoms with Crippen molar-refractivity contribution >= 4 is 39.0 Å². The van der Waals surface area contributed by atoms with Gasteiger partial charge in [-0.25, -0.2) is 0 Å². The maximum atomic E-state index is 6.57. The van der Waals surface area contributed by atoms with Gasteiger partial charge in [0, 0.05) is 33.2 Å². The summed E-state index contributed by atoms with van der Waals surface area (Å²) in [5.74, 6) is 0. The summed E-state index contributed by atoms with van der Waals surface area (Å²) in [4.78, 5) is 2.45. The molecule has 56 heavy (non-hydrogen) atoms. The Labute approximate surface area is 327 Å². The number of hydrogen-bond acceptors (Lipinski definition) is 2.